The van der Waals surface area contributed by atoms with E-state index in [1.54, 1.807) is 24.3 Å². The van der Waals surface area contributed by atoms with Gasteiger partial charge < -0.3 is 15.8 Å². The second-order valence-corrected chi connectivity index (χ2v) is 5.76. The highest BCUT2D eigenvalue weighted by atomic mass is 16.5. The molecule has 3 N–H and O–H groups in total. The van der Waals surface area contributed by atoms with Crippen LogP contribution in [0.4, 0.5) is 0 Å². The van der Waals surface area contributed by atoms with E-state index >= 15 is 0 Å². The van der Waals surface area contributed by atoms with Crippen molar-refractivity contribution in [1.29, 1.82) is 0 Å². The Hall–Kier alpha value is -2.82. The van der Waals surface area contributed by atoms with Crippen LogP contribution in [0.2, 0.25) is 0 Å². The monoisotopic (exact) mass is 326 g/mol. The minimum Gasteiger partial charge on any atom is -0.484 e. The summed E-state index contributed by atoms with van der Waals surface area (Å²) in [5, 5.41) is 3.00. The van der Waals surface area contributed by atoms with E-state index in [1.807, 2.05) is 19.1 Å². The van der Waals surface area contributed by atoms with Crippen LogP contribution in [-0.2, 0) is 4.79 Å². The molecule has 5 nitrogen and oxygen atoms in total. The molecule has 0 saturated heterocycles. The van der Waals surface area contributed by atoms with Crippen molar-refractivity contribution in [2.45, 2.75) is 26.8 Å². The highest BCUT2D eigenvalue weighted by Gasteiger charge is 2.14. The van der Waals surface area contributed by atoms with Gasteiger partial charge >= 0.3 is 0 Å². The van der Waals surface area contributed by atoms with Gasteiger partial charge in [0, 0.05) is 5.56 Å². The van der Waals surface area contributed by atoms with E-state index in [1.165, 1.54) is 11.1 Å². The number of hydrogen-bond donors (Lipinski definition) is 2. The molecule has 0 aromatic heterocycles. The third-order valence-electron chi connectivity index (χ3n) is 3.96. The van der Waals surface area contributed by atoms with Crippen LogP contribution in [0.25, 0.3) is 0 Å². The van der Waals surface area contributed by atoms with Crippen molar-refractivity contribution in [1.82, 2.24) is 5.32 Å². The van der Waals surface area contributed by atoms with Gasteiger partial charge in [-0.15, -0.1) is 0 Å². The Morgan fingerprint density at radius 2 is 1.79 bits per heavy atom. The first kappa shape index (κ1) is 17.5. The standard InChI is InChI=1S/C19H22N2O3/c1-12-5-4-6-17(13(12)2)14(3)21-19(23)15-7-9-16(10-8-15)24-11-18(20)22/h4-10,14H,11H2,1-3H3,(H2,20,22)(H,21,23). The molecule has 0 fully saturated rings. The summed E-state index contributed by atoms with van der Waals surface area (Å²) in [6.45, 7) is 5.88. The number of carbonyl (C=O) groups excluding carboxylic acids is 2. The number of primary amides is 1. The number of hydrogen-bond acceptors (Lipinski definition) is 3. The van der Waals surface area contributed by atoms with Gasteiger partial charge in [-0.25, -0.2) is 0 Å². The first-order chi connectivity index (χ1) is 11.4. The van der Waals surface area contributed by atoms with E-state index < -0.39 is 5.91 Å². The van der Waals surface area contributed by atoms with Crippen LogP contribution in [0.1, 0.15) is 40.0 Å². The smallest absolute Gasteiger partial charge is 0.255 e. The van der Waals surface area contributed by atoms with E-state index in [9.17, 15) is 9.59 Å². The zero-order valence-electron chi connectivity index (χ0n) is 14.1. The third kappa shape index (κ3) is 4.35. The summed E-state index contributed by atoms with van der Waals surface area (Å²) in [6.07, 6.45) is 0. The molecule has 0 spiro atoms. The molecule has 2 rings (SSSR count). The summed E-state index contributed by atoms with van der Waals surface area (Å²) in [5.74, 6) is -0.211. The first-order valence-corrected chi connectivity index (χ1v) is 7.76. The van der Waals surface area contributed by atoms with Gasteiger partial charge in [0.25, 0.3) is 11.8 Å². The number of rotatable bonds is 6. The molecule has 0 saturated carbocycles. The molecule has 0 heterocycles. The lowest BCUT2D eigenvalue weighted by molar-refractivity contribution is -0.119. The Labute approximate surface area is 141 Å². The molecule has 0 aliphatic heterocycles. The molecule has 0 aliphatic rings. The van der Waals surface area contributed by atoms with Crippen molar-refractivity contribution in [3.8, 4) is 5.75 Å². The number of benzene rings is 2. The molecule has 2 amide bonds. The quantitative estimate of drug-likeness (QED) is 0.856. The van der Waals surface area contributed by atoms with Crippen molar-refractivity contribution in [3.63, 3.8) is 0 Å². The Balaban J connectivity index is 2.03. The Kier molecular flexibility index (Phi) is 5.58. The summed E-state index contributed by atoms with van der Waals surface area (Å²) < 4.78 is 5.18. The van der Waals surface area contributed by atoms with Gasteiger partial charge in [-0.3, -0.25) is 9.59 Å². The van der Waals surface area contributed by atoms with Gasteiger partial charge in [0.1, 0.15) is 5.75 Å². The zero-order chi connectivity index (χ0) is 17.7. The van der Waals surface area contributed by atoms with Crippen LogP contribution in [0, 0.1) is 13.8 Å². The Morgan fingerprint density at radius 1 is 1.12 bits per heavy atom. The summed E-state index contributed by atoms with van der Waals surface area (Å²) >= 11 is 0. The molecular formula is C19H22N2O3. The van der Waals surface area contributed by atoms with Crippen molar-refractivity contribution >= 4 is 11.8 Å². The molecular weight excluding hydrogens is 304 g/mol. The van der Waals surface area contributed by atoms with Gasteiger partial charge in [0.2, 0.25) is 0 Å². The Bertz CT molecular complexity index is 739. The maximum Gasteiger partial charge on any atom is 0.255 e. The zero-order valence-corrected chi connectivity index (χ0v) is 14.1. The highest BCUT2D eigenvalue weighted by Crippen LogP contribution is 2.21. The summed E-state index contributed by atoms with van der Waals surface area (Å²) in [4.78, 5) is 23.1. The van der Waals surface area contributed by atoms with Crippen LogP contribution in [-0.4, -0.2) is 18.4 Å². The van der Waals surface area contributed by atoms with E-state index in [2.05, 4.69) is 25.2 Å². The molecule has 24 heavy (non-hydrogen) atoms. The molecule has 0 bridgehead atoms. The second-order valence-electron chi connectivity index (χ2n) is 5.76. The molecule has 126 valence electrons. The van der Waals surface area contributed by atoms with Crippen molar-refractivity contribution in [2.24, 2.45) is 5.73 Å². The molecule has 5 heteroatoms. The van der Waals surface area contributed by atoms with Crippen molar-refractivity contribution < 1.29 is 14.3 Å². The number of nitrogens with one attached hydrogen (secondary N) is 1. The lowest BCUT2D eigenvalue weighted by atomic mass is 9.98. The minimum atomic E-state index is -0.542. The van der Waals surface area contributed by atoms with E-state index in [4.69, 9.17) is 10.5 Å². The van der Waals surface area contributed by atoms with E-state index in [0.717, 1.165) is 5.56 Å². The lowest BCUT2D eigenvalue weighted by Crippen LogP contribution is -2.27. The summed E-state index contributed by atoms with van der Waals surface area (Å²) in [7, 11) is 0. The minimum absolute atomic E-state index is 0.0943. The van der Waals surface area contributed by atoms with Gasteiger partial charge in [0.15, 0.2) is 6.61 Å². The van der Waals surface area contributed by atoms with Crippen LogP contribution in [0.5, 0.6) is 5.75 Å². The second kappa shape index (κ2) is 7.64. The molecule has 1 atom stereocenters. The fraction of sp³-hybridized carbons (Fsp3) is 0.263. The average molecular weight is 326 g/mol. The number of aryl methyl sites for hydroxylation is 1. The van der Waals surface area contributed by atoms with Gasteiger partial charge in [-0.2, -0.15) is 0 Å². The van der Waals surface area contributed by atoms with Gasteiger partial charge in [-0.05, 0) is 61.7 Å². The normalized spacial score (nSPS) is 11.6. The van der Waals surface area contributed by atoms with Crippen molar-refractivity contribution in [2.75, 3.05) is 6.61 Å². The molecule has 0 radical (unpaired) electrons. The topological polar surface area (TPSA) is 81.4 Å². The van der Waals surface area contributed by atoms with Gasteiger partial charge in [-0.1, -0.05) is 18.2 Å². The van der Waals surface area contributed by atoms with Crippen LogP contribution in [0.3, 0.4) is 0 Å². The summed E-state index contributed by atoms with van der Waals surface area (Å²) in [6, 6.07) is 12.6. The number of ether oxygens (including phenoxy) is 1. The number of carbonyl (C=O) groups is 2. The molecule has 1 unspecified atom stereocenters. The summed E-state index contributed by atoms with van der Waals surface area (Å²) in [5.41, 5.74) is 9.03. The number of nitrogens with two attached hydrogens (primary N) is 1. The fourth-order valence-electron chi connectivity index (χ4n) is 2.46. The third-order valence-corrected chi connectivity index (χ3v) is 3.96. The maximum absolute atomic E-state index is 12.4. The predicted octanol–water partition coefficient (Wildman–Crippen LogP) is 2.66. The van der Waals surface area contributed by atoms with Crippen molar-refractivity contribution in [3.05, 3.63) is 64.7 Å². The SMILES string of the molecule is Cc1cccc(C(C)NC(=O)c2ccc(OCC(N)=O)cc2)c1C. The van der Waals surface area contributed by atoms with E-state index in [0.29, 0.717) is 11.3 Å². The van der Waals surface area contributed by atoms with E-state index in [-0.39, 0.29) is 18.6 Å². The average Bonchev–Trinajstić information content (AvgIpc) is 2.55. The highest BCUT2D eigenvalue weighted by molar-refractivity contribution is 5.94. The first-order valence-electron chi connectivity index (χ1n) is 7.76. The molecule has 2 aromatic carbocycles. The maximum atomic E-state index is 12.4. The Morgan fingerprint density at radius 3 is 2.42 bits per heavy atom. The van der Waals surface area contributed by atoms with Crippen LogP contribution in [0.15, 0.2) is 42.5 Å². The number of amides is 2. The fourth-order valence-corrected chi connectivity index (χ4v) is 2.46. The molecule has 2 aromatic rings. The molecule has 0 aliphatic carbocycles. The lowest BCUT2D eigenvalue weighted by Gasteiger charge is -2.18. The predicted molar refractivity (Wildman–Crippen MR) is 92.9 cm³/mol. The van der Waals surface area contributed by atoms with Crippen LogP contribution >= 0.6 is 0 Å². The van der Waals surface area contributed by atoms with Crippen LogP contribution < -0.4 is 15.8 Å². The largest absolute Gasteiger partial charge is 0.484 e. The van der Waals surface area contributed by atoms with Gasteiger partial charge in [0.05, 0.1) is 6.04 Å².